The number of benzene rings is 7. The molecule has 16 heteroatoms. The number of hydrogen-bond donors (Lipinski definition) is 2. The Balaban J connectivity index is 0.981. The number of β-lactam (4-membered cyclic amide) rings is 1. The Morgan fingerprint density at radius 1 is 0.679 bits per heavy atom. The lowest BCUT2D eigenvalue weighted by Gasteiger charge is -2.49. The molecule has 10 rings (SSSR count). The molecule has 13 nitrogen and oxygen atoms in total. The Labute approximate surface area is 463 Å². The molecule has 3 atom stereocenters. The number of carbonyl (C=O) groups excluding carboxylic acids is 4. The van der Waals surface area contributed by atoms with Crippen LogP contribution in [0.1, 0.15) is 70.7 Å². The zero-order valence-electron chi connectivity index (χ0n) is 42.3. The Morgan fingerprint density at radius 3 is 1.54 bits per heavy atom. The highest BCUT2D eigenvalue weighted by Crippen LogP contribution is 2.42. The van der Waals surface area contributed by atoms with Crippen molar-refractivity contribution in [1.29, 1.82) is 0 Å². The van der Waals surface area contributed by atoms with E-state index in [9.17, 15) is 23.4 Å². The molecule has 3 heterocycles. The smallest absolute Gasteiger partial charge is 0.356 e. The number of nitrogens with one attached hydrogen (secondary N) is 2. The first-order chi connectivity index (χ1) is 38.0. The number of carbonyl (C=O) groups is 4. The number of thiazole rings is 1. The lowest BCUT2D eigenvalue weighted by atomic mass is 9.77. The van der Waals surface area contributed by atoms with Gasteiger partial charge >= 0.3 is 11.9 Å². The fourth-order valence-electron chi connectivity index (χ4n) is 9.52. The summed E-state index contributed by atoms with van der Waals surface area (Å²) in [6, 6.07) is 65.1. The van der Waals surface area contributed by atoms with Gasteiger partial charge in [0.1, 0.15) is 28.3 Å². The molecule has 8 aromatic rings. The molecule has 0 aliphatic carbocycles. The molecule has 0 bridgehead atoms. The number of halogens is 1. The number of oxime groups is 1. The second kappa shape index (κ2) is 23.4. The van der Waals surface area contributed by atoms with Crippen LogP contribution in [0, 0.1) is 0 Å². The van der Waals surface area contributed by atoms with Gasteiger partial charge in [-0.05, 0) is 58.4 Å². The number of alkyl halides is 1. The quantitative estimate of drug-likeness (QED) is 0.0199. The summed E-state index contributed by atoms with van der Waals surface area (Å²) in [4.78, 5) is 70.2. The van der Waals surface area contributed by atoms with Crippen LogP contribution in [0.2, 0.25) is 0 Å². The SMILES string of the molecule is CC(C)(ON=C(C(=O)NC1C(=O)N2C(C(=O)OC(c3ccccc3)c3ccccc3)=C(CCl)CS(=O)[C@H]12)c1csc(NC(c2ccccc2)(c2ccccc2)c2ccccc2)n1)C(=O)OC(c1ccccc1)c1ccccc1. The van der Waals surface area contributed by atoms with Crippen LogP contribution in [0.4, 0.5) is 5.13 Å². The molecule has 2 N–H and O–H groups in total. The predicted octanol–water partition coefficient (Wildman–Crippen LogP) is 10.6. The third-order valence-electron chi connectivity index (χ3n) is 13.4. The fourth-order valence-corrected chi connectivity index (χ4v) is 12.3. The second-order valence-corrected chi connectivity index (χ2v) is 21.6. The van der Waals surface area contributed by atoms with E-state index in [0.29, 0.717) is 27.4 Å². The van der Waals surface area contributed by atoms with E-state index in [4.69, 9.17) is 30.9 Å². The number of esters is 2. The molecule has 7 aromatic carbocycles. The lowest BCUT2D eigenvalue weighted by molar-refractivity contribution is -0.172. The van der Waals surface area contributed by atoms with E-state index >= 15 is 0 Å². The number of aromatic nitrogens is 1. The average molecular weight is 1090 g/mol. The maximum atomic E-state index is 15.0. The van der Waals surface area contributed by atoms with E-state index in [2.05, 4.69) is 15.8 Å². The molecule has 0 spiro atoms. The van der Waals surface area contributed by atoms with Gasteiger partial charge in [0, 0.05) is 11.3 Å². The number of hydrogen-bond acceptors (Lipinski definition) is 12. The summed E-state index contributed by atoms with van der Waals surface area (Å²) < 4.78 is 26.5. The van der Waals surface area contributed by atoms with E-state index in [0.717, 1.165) is 21.6 Å². The first-order valence-corrected chi connectivity index (χ1v) is 27.8. The van der Waals surface area contributed by atoms with Crippen LogP contribution in [-0.4, -0.2) is 72.2 Å². The summed E-state index contributed by atoms with van der Waals surface area (Å²) in [7, 11) is -1.84. The standard InChI is InChI=1S/C62H52ClN5O8S2/c1-61(2,59(72)75-54(43-28-14-5-15-29-43)44-30-16-6-17-31-44)76-67-50(49-39-77-60(64-49)66-62(46-32-18-7-19-33-46,47-34-20-8-21-35-47)48-36-22-9-23-37-48)55(69)65-51-56(70)68-52(45(38-63)40-78(73)57(51)68)58(71)74-53(41-24-10-3-11-25-41)42-26-12-4-13-27-42/h3-37,39,51,53-54,57H,38,40H2,1-2H3,(H,64,66)(H,65,69)/t51?,57-,78?/m1/s1. The molecule has 2 aliphatic heterocycles. The van der Waals surface area contributed by atoms with E-state index in [1.165, 1.54) is 25.2 Å². The summed E-state index contributed by atoms with van der Waals surface area (Å²) in [6.45, 7) is 2.92. The van der Waals surface area contributed by atoms with E-state index < -0.39 is 75.0 Å². The third kappa shape index (κ3) is 10.9. The molecule has 0 saturated carbocycles. The van der Waals surface area contributed by atoms with E-state index in [1.54, 1.807) is 5.38 Å². The monoisotopic (exact) mass is 1090 g/mol. The van der Waals surface area contributed by atoms with Crippen LogP contribution in [0.15, 0.2) is 234 Å². The highest BCUT2D eigenvalue weighted by molar-refractivity contribution is 7.86. The van der Waals surface area contributed by atoms with Crippen LogP contribution in [0.3, 0.4) is 0 Å². The van der Waals surface area contributed by atoms with Gasteiger partial charge in [0.05, 0.1) is 16.6 Å². The summed E-state index contributed by atoms with van der Waals surface area (Å²) in [5.41, 5.74) is 2.41. The zero-order valence-corrected chi connectivity index (χ0v) is 44.7. The van der Waals surface area contributed by atoms with Crippen molar-refractivity contribution in [2.45, 2.75) is 48.6 Å². The highest BCUT2D eigenvalue weighted by Gasteiger charge is 2.58. The Bertz CT molecular complexity index is 3330. The average Bonchev–Trinajstić information content (AvgIpc) is 4.09. The zero-order chi connectivity index (χ0) is 54.2. The number of ether oxygens (including phenoxy) is 2. The molecule has 1 fully saturated rings. The van der Waals surface area contributed by atoms with Gasteiger partial charge in [-0.3, -0.25) is 18.7 Å². The van der Waals surface area contributed by atoms with Gasteiger partial charge in [0.2, 0.25) is 5.60 Å². The molecule has 2 aliphatic rings. The van der Waals surface area contributed by atoms with Crippen molar-refractivity contribution in [3.63, 3.8) is 0 Å². The molecule has 1 saturated heterocycles. The van der Waals surface area contributed by atoms with Crippen molar-refractivity contribution in [3.8, 4) is 0 Å². The highest BCUT2D eigenvalue weighted by atomic mass is 35.5. The van der Waals surface area contributed by atoms with Gasteiger partial charge in [-0.15, -0.1) is 22.9 Å². The first-order valence-electron chi connectivity index (χ1n) is 25.0. The Morgan fingerprint density at radius 2 is 1.10 bits per heavy atom. The maximum absolute atomic E-state index is 15.0. The Kier molecular flexibility index (Phi) is 15.9. The van der Waals surface area contributed by atoms with Gasteiger partial charge in [-0.25, -0.2) is 14.6 Å². The van der Waals surface area contributed by atoms with Crippen molar-refractivity contribution in [2.75, 3.05) is 16.9 Å². The fraction of sp³-hybridized carbons (Fsp3) is 0.161. The predicted molar refractivity (Wildman–Crippen MR) is 302 cm³/mol. The summed E-state index contributed by atoms with van der Waals surface area (Å²) >= 11 is 7.61. The maximum Gasteiger partial charge on any atom is 0.356 e. The van der Waals surface area contributed by atoms with Gasteiger partial charge in [-0.1, -0.05) is 217 Å². The van der Waals surface area contributed by atoms with Crippen LogP contribution < -0.4 is 10.6 Å². The minimum atomic E-state index is -1.84. The molecule has 1 aromatic heterocycles. The molecule has 2 unspecified atom stereocenters. The molecular weight excluding hydrogens is 1040 g/mol. The summed E-state index contributed by atoms with van der Waals surface area (Å²) in [5.74, 6) is -3.71. The van der Waals surface area contributed by atoms with E-state index in [-0.39, 0.29) is 28.6 Å². The number of anilines is 1. The van der Waals surface area contributed by atoms with E-state index in [1.807, 2.05) is 212 Å². The van der Waals surface area contributed by atoms with Gasteiger partial charge in [-0.2, -0.15) is 0 Å². The molecule has 392 valence electrons. The largest absolute Gasteiger partial charge is 0.450 e. The third-order valence-corrected chi connectivity index (χ3v) is 16.2. The van der Waals surface area contributed by atoms with Crippen molar-refractivity contribution in [3.05, 3.63) is 274 Å². The minimum absolute atomic E-state index is 0.0218. The number of amides is 2. The van der Waals surface area contributed by atoms with Crippen molar-refractivity contribution in [2.24, 2.45) is 5.16 Å². The first kappa shape index (κ1) is 52.9. The minimum Gasteiger partial charge on any atom is -0.450 e. The topological polar surface area (TPSA) is 166 Å². The molecule has 0 radical (unpaired) electrons. The van der Waals surface area contributed by atoms with Gasteiger partial charge < -0.3 is 24.9 Å². The van der Waals surface area contributed by atoms with Crippen LogP contribution in [-0.2, 0) is 49.8 Å². The van der Waals surface area contributed by atoms with Gasteiger partial charge in [0.15, 0.2) is 23.1 Å². The second-order valence-electron chi connectivity index (χ2n) is 18.9. The van der Waals surface area contributed by atoms with Crippen molar-refractivity contribution in [1.82, 2.24) is 15.2 Å². The molecule has 2 amide bonds. The van der Waals surface area contributed by atoms with Crippen molar-refractivity contribution < 1.29 is 37.7 Å². The van der Waals surface area contributed by atoms with Crippen LogP contribution in [0.25, 0.3) is 0 Å². The number of fused-ring (bicyclic) bond motifs is 1. The normalized spacial score (nSPS) is 16.5. The number of nitrogens with zero attached hydrogens (tertiary/aromatic N) is 3. The van der Waals surface area contributed by atoms with Crippen LogP contribution in [0.5, 0.6) is 0 Å². The Hall–Kier alpha value is -8.50. The number of rotatable bonds is 19. The lowest BCUT2D eigenvalue weighted by Crippen LogP contribution is -2.74. The molecular formula is C62H52ClN5O8S2. The summed E-state index contributed by atoms with van der Waals surface area (Å²) in [5, 5.41) is 11.6. The van der Waals surface area contributed by atoms with Crippen LogP contribution >= 0.6 is 22.9 Å². The van der Waals surface area contributed by atoms with Gasteiger partial charge in [0.25, 0.3) is 11.8 Å². The summed E-state index contributed by atoms with van der Waals surface area (Å²) in [6.07, 6.45) is -1.68. The molecule has 78 heavy (non-hydrogen) atoms. The van der Waals surface area contributed by atoms with Crippen molar-refractivity contribution >= 4 is 68.3 Å².